The molecule has 0 aliphatic carbocycles. The number of aliphatic imine (C=N–C) groups is 1. The van der Waals surface area contributed by atoms with Gasteiger partial charge in [0, 0.05) is 21.0 Å². The molecule has 2 atom stereocenters. The van der Waals surface area contributed by atoms with Crippen molar-refractivity contribution < 1.29 is 9.90 Å². The van der Waals surface area contributed by atoms with Crippen LogP contribution >= 0.6 is 22.9 Å². The Morgan fingerprint density at radius 3 is 2.67 bits per heavy atom. The third-order valence-corrected chi connectivity index (χ3v) is 6.43. The standard InChI is InChI=1S/C19H19ClN4O2S/c1-9-10(2)27-19-16(9)17(12-4-6-13(20)7-5-12)21-14(8-15(25)26)18-23-22-11(3)24(18)19/h4-7,14,18,23H,8H2,1-3H3,(H,25,26). The number of benzene rings is 1. The lowest BCUT2D eigenvalue weighted by Crippen LogP contribution is -2.47. The van der Waals surface area contributed by atoms with Crippen LogP contribution in [0.1, 0.15) is 34.9 Å². The zero-order chi connectivity index (χ0) is 19.3. The van der Waals surface area contributed by atoms with Crippen molar-refractivity contribution in [1.82, 2.24) is 5.43 Å². The Labute approximate surface area is 166 Å². The molecule has 8 heteroatoms. The van der Waals surface area contributed by atoms with Crippen molar-refractivity contribution in [3.8, 4) is 0 Å². The molecule has 0 amide bonds. The van der Waals surface area contributed by atoms with E-state index in [1.54, 1.807) is 11.3 Å². The van der Waals surface area contributed by atoms with Gasteiger partial charge in [-0.15, -0.1) is 11.3 Å². The summed E-state index contributed by atoms with van der Waals surface area (Å²) in [4.78, 5) is 19.7. The van der Waals surface area contributed by atoms with Crippen LogP contribution in [0, 0.1) is 13.8 Å². The van der Waals surface area contributed by atoms with Gasteiger partial charge in [0.1, 0.15) is 23.0 Å². The molecular formula is C19H19ClN4O2S. The molecule has 0 saturated carbocycles. The van der Waals surface area contributed by atoms with Crippen LogP contribution in [0.3, 0.4) is 0 Å². The maximum Gasteiger partial charge on any atom is 0.305 e. The molecule has 0 bridgehead atoms. The van der Waals surface area contributed by atoms with Gasteiger partial charge in [0.15, 0.2) is 0 Å². The van der Waals surface area contributed by atoms with Crippen LogP contribution < -0.4 is 10.3 Å². The number of rotatable bonds is 3. The SMILES string of the molecule is CC1=NNC2C(CC(=O)O)N=C(c3ccc(Cl)cc3)c3c(sc(C)c3C)N12. The number of carbonyl (C=O) groups is 1. The van der Waals surface area contributed by atoms with Crippen molar-refractivity contribution in [1.29, 1.82) is 0 Å². The van der Waals surface area contributed by atoms with Gasteiger partial charge >= 0.3 is 5.97 Å². The van der Waals surface area contributed by atoms with E-state index in [2.05, 4.69) is 29.3 Å². The second-order valence-electron chi connectivity index (χ2n) is 6.72. The number of fused-ring (bicyclic) bond motifs is 3. The first-order chi connectivity index (χ1) is 12.9. The van der Waals surface area contributed by atoms with E-state index >= 15 is 0 Å². The minimum Gasteiger partial charge on any atom is -0.481 e. The zero-order valence-corrected chi connectivity index (χ0v) is 16.7. The average molecular weight is 403 g/mol. The number of aryl methyl sites for hydroxylation is 1. The Morgan fingerprint density at radius 2 is 2.00 bits per heavy atom. The summed E-state index contributed by atoms with van der Waals surface area (Å²) in [6.45, 7) is 6.10. The lowest BCUT2D eigenvalue weighted by atomic mass is 9.99. The summed E-state index contributed by atoms with van der Waals surface area (Å²) in [7, 11) is 0. The Hall–Kier alpha value is -2.38. The molecule has 27 heavy (non-hydrogen) atoms. The Morgan fingerprint density at radius 1 is 1.30 bits per heavy atom. The number of carboxylic acids is 1. The smallest absolute Gasteiger partial charge is 0.305 e. The van der Waals surface area contributed by atoms with Crippen molar-refractivity contribution >= 4 is 45.5 Å². The van der Waals surface area contributed by atoms with Crippen molar-refractivity contribution in [3.63, 3.8) is 0 Å². The van der Waals surface area contributed by atoms with Gasteiger partial charge in [-0.2, -0.15) is 5.10 Å². The molecule has 2 aliphatic rings. The van der Waals surface area contributed by atoms with Gasteiger partial charge in [-0.25, -0.2) is 0 Å². The second-order valence-corrected chi connectivity index (χ2v) is 8.36. The molecule has 1 aromatic heterocycles. The number of hydrogen-bond donors (Lipinski definition) is 2. The van der Waals surface area contributed by atoms with Crippen LogP contribution in [0.15, 0.2) is 34.4 Å². The number of hydrogen-bond acceptors (Lipinski definition) is 6. The van der Waals surface area contributed by atoms with Gasteiger partial charge in [0.2, 0.25) is 0 Å². The summed E-state index contributed by atoms with van der Waals surface area (Å²) >= 11 is 7.75. The predicted octanol–water partition coefficient (Wildman–Crippen LogP) is 3.78. The molecule has 2 aliphatic heterocycles. The Bertz CT molecular complexity index is 980. The lowest BCUT2D eigenvalue weighted by Gasteiger charge is -2.27. The molecule has 0 saturated heterocycles. The summed E-state index contributed by atoms with van der Waals surface area (Å²) in [5.74, 6) is -0.0749. The quantitative estimate of drug-likeness (QED) is 0.818. The molecule has 140 valence electrons. The molecule has 2 aromatic rings. The lowest BCUT2D eigenvalue weighted by molar-refractivity contribution is -0.137. The van der Waals surface area contributed by atoms with Gasteiger partial charge in [-0.3, -0.25) is 20.1 Å². The highest BCUT2D eigenvalue weighted by atomic mass is 35.5. The number of halogens is 1. The first kappa shape index (κ1) is 18.0. The van der Waals surface area contributed by atoms with Crippen LogP contribution in [0.25, 0.3) is 0 Å². The molecule has 3 heterocycles. The van der Waals surface area contributed by atoms with Gasteiger partial charge in [0.05, 0.1) is 12.1 Å². The molecule has 0 radical (unpaired) electrons. The number of carboxylic acid groups (broad SMARTS) is 1. The largest absolute Gasteiger partial charge is 0.481 e. The summed E-state index contributed by atoms with van der Waals surface area (Å²) in [6, 6.07) is 7.04. The number of nitrogens with one attached hydrogen (secondary N) is 1. The number of aliphatic carboxylic acids is 1. The highest BCUT2D eigenvalue weighted by molar-refractivity contribution is 7.17. The van der Waals surface area contributed by atoms with E-state index < -0.39 is 12.0 Å². The molecule has 6 nitrogen and oxygen atoms in total. The van der Waals surface area contributed by atoms with Crippen molar-refractivity contribution in [3.05, 3.63) is 50.9 Å². The Balaban J connectivity index is 1.96. The number of thiophene rings is 1. The van der Waals surface area contributed by atoms with Crippen molar-refractivity contribution in [2.45, 2.75) is 39.4 Å². The van der Waals surface area contributed by atoms with Gasteiger partial charge in [0.25, 0.3) is 0 Å². The molecule has 0 spiro atoms. The number of hydrazone groups is 1. The van der Waals surface area contributed by atoms with Crippen molar-refractivity contribution in [2.75, 3.05) is 4.90 Å². The fourth-order valence-electron chi connectivity index (χ4n) is 3.53. The Kier molecular flexibility index (Phi) is 4.44. The highest BCUT2D eigenvalue weighted by Gasteiger charge is 2.40. The molecule has 4 rings (SSSR count). The van der Waals surface area contributed by atoms with Gasteiger partial charge in [-0.1, -0.05) is 23.7 Å². The third-order valence-electron chi connectivity index (χ3n) is 4.97. The normalized spacial score (nSPS) is 21.0. The topological polar surface area (TPSA) is 77.3 Å². The number of amidine groups is 1. The third kappa shape index (κ3) is 3.00. The zero-order valence-electron chi connectivity index (χ0n) is 15.2. The summed E-state index contributed by atoms with van der Waals surface area (Å²) in [5, 5.41) is 15.5. The van der Waals surface area contributed by atoms with Crippen LogP contribution in [0.4, 0.5) is 5.00 Å². The van der Waals surface area contributed by atoms with E-state index in [1.807, 2.05) is 31.2 Å². The van der Waals surface area contributed by atoms with Gasteiger partial charge in [-0.05, 0) is 38.5 Å². The van der Waals surface area contributed by atoms with E-state index in [-0.39, 0.29) is 12.6 Å². The van der Waals surface area contributed by atoms with Crippen LogP contribution in [0.2, 0.25) is 5.02 Å². The van der Waals surface area contributed by atoms with E-state index in [0.29, 0.717) is 5.02 Å². The summed E-state index contributed by atoms with van der Waals surface area (Å²) in [6.07, 6.45) is -0.400. The minimum absolute atomic E-state index is 0.0823. The van der Waals surface area contributed by atoms with E-state index in [9.17, 15) is 9.90 Å². The molecular weight excluding hydrogens is 384 g/mol. The maximum absolute atomic E-state index is 11.5. The van der Waals surface area contributed by atoms with Crippen LogP contribution in [-0.2, 0) is 4.79 Å². The maximum atomic E-state index is 11.5. The molecule has 2 N–H and O–H groups in total. The highest BCUT2D eigenvalue weighted by Crippen LogP contribution is 2.42. The summed E-state index contributed by atoms with van der Waals surface area (Å²) in [5.41, 5.74) is 7.00. The fraction of sp³-hybridized carbons (Fsp3) is 0.316. The van der Waals surface area contributed by atoms with Crippen LogP contribution in [0.5, 0.6) is 0 Å². The molecule has 2 unspecified atom stereocenters. The minimum atomic E-state index is -0.885. The first-order valence-corrected chi connectivity index (χ1v) is 9.81. The first-order valence-electron chi connectivity index (χ1n) is 8.61. The fourth-order valence-corrected chi connectivity index (χ4v) is 4.89. The monoisotopic (exact) mass is 402 g/mol. The van der Waals surface area contributed by atoms with E-state index in [4.69, 9.17) is 16.6 Å². The van der Waals surface area contributed by atoms with Gasteiger partial charge < -0.3 is 5.11 Å². The summed E-state index contributed by atoms with van der Waals surface area (Å²) < 4.78 is 0. The van der Waals surface area contributed by atoms with Crippen LogP contribution in [-0.4, -0.2) is 34.8 Å². The molecule has 1 aromatic carbocycles. The van der Waals surface area contributed by atoms with Crippen molar-refractivity contribution in [2.24, 2.45) is 10.1 Å². The predicted molar refractivity (Wildman–Crippen MR) is 109 cm³/mol. The number of nitrogens with zero attached hydrogens (tertiary/aromatic N) is 3. The molecule has 0 fully saturated rings. The average Bonchev–Trinajstić information content (AvgIpc) is 3.08. The second kappa shape index (κ2) is 6.65. The number of anilines is 1. The van der Waals surface area contributed by atoms with E-state index in [1.165, 1.54) is 4.88 Å². The van der Waals surface area contributed by atoms with E-state index in [0.717, 1.165) is 33.2 Å².